The third kappa shape index (κ3) is 3.94. The van der Waals surface area contributed by atoms with Gasteiger partial charge in [0.1, 0.15) is 6.10 Å². The maximum Gasteiger partial charge on any atom is 0.249 e. The lowest BCUT2D eigenvalue weighted by Crippen LogP contribution is -2.50. The van der Waals surface area contributed by atoms with Crippen LogP contribution in [-0.2, 0) is 9.53 Å². The van der Waals surface area contributed by atoms with Gasteiger partial charge in [0.25, 0.3) is 0 Å². The molecule has 4 N–H and O–H groups in total. The molecule has 0 saturated carbocycles. The number of rotatable bonds is 6. The van der Waals surface area contributed by atoms with Gasteiger partial charge >= 0.3 is 0 Å². The molecule has 17 heavy (non-hydrogen) atoms. The van der Waals surface area contributed by atoms with E-state index in [1.807, 2.05) is 13.8 Å². The number of hydrogen-bond acceptors (Lipinski definition) is 4. The van der Waals surface area contributed by atoms with Gasteiger partial charge < -0.3 is 20.9 Å². The summed E-state index contributed by atoms with van der Waals surface area (Å²) in [6.07, 6.45) is 2.54. The third-order valence-electron chi connectivity index (χ3n) is 3.53. The number of carbonyl (C=O) groups is 1. The lowest BCUT2D eigenvalue weighted by atomic mass is 9.94. The molecular weight excluding hydrogens is 220 g/mol. The Balaban J connectivity index is 2.48. The third-order valence-corrected chi connectivity index (χ3v) is 3.53. The second-order valence-corrected chi connectivity index (χ2v) is 4.94. The summed E-state index contributed by atoms with van der Waals surface area (Å²) in [5.41, 5.74) is 5.16. The number of nitrogens with one attached hydrogen (secondary N) is 1. The fourth-order valence-corrected chi connectivity index (χ4v) is 2.02. The Morgan fingerprint density at radius 3 is 2.76 bits per heavy atom. The molecule has 0 aliphatic carbocycles. The van der Waals surface area contributed by atoms with Crippen LogP contribution in [0.2, 0.25) is 0 Å². The lowest BCUT2D eigenvalue weighted by Gasteiger charge is -2.30. The van der Waals surface area contributed by atoms with Crippen molar-refractivity contribution in [1.29, 1.82) is 0 Å². The van der Waals surface area contributed by atoms with Gasteiger partial charge in [0, 0.05) is 18.7 Å². The molecule has 1 fully saturated rings. The van der Waals surface area contributed by atoms with Crippen LogP contribution < -0.4 is 11.1 Å². The Labute approximate surface area is 103 Å². The SMILES string of the molecule is CCC(C)(CCO)NC(=O)C1CCC(CN)O1. The van der Waals surface area contributed by atoms with E-state index in [2.05, 4.69) is 5.32 Å². The summed E-state index contributed by atoms with van der Waals surface area (Å²) in [6.45, 7) is 4.47. The number of aliphatic hydroxyl groups excluding tert-OH is 1. The molecule has 0 bridgehead atoms. The lowest BCUT2D eigenvalue weighted by molar-refractivity contribution is -0.133. The second kappa shape index (κ2) is 6.33. The summed E-state index contributed by atoms with van der Waals surface area (Å²) in [6, 6.07) is 0. The highest BCUT2D eigenvalue weighted by molar-refractivity contribution is 5.81. The molecule has 1 aliphatic heterocycles. The molecule has 0 spiro atoms. The van der Waals surface area contributed by atoms with Crippen molar-refractivity contribution in [3.05, 3.63) is 0 Å². The van der Waals surface area contributed by atoms with E-state index in [1.165, 1.54) is 0 Å². The first-order chi connectivity index (χ1) is 8.04. The first kappa shape index (κ1) is 14.4. The zero-order chi connectivity index (χ0) is 12.9. The van der Waals surface area contributed by atoms with E-state index < -0.39 is 0 Å². The van der Waals surface area contributed by atoms with E-state index in [9.17, 15) is 4.79 Å². The van der Waals surface area contributed by atoms with Crippen LogP contribution in [0.25, 0.3) is 0 Å². The van der Waals surface area contributed by atoms with Crippen molar-refractivity contribution in [2.75, 3.05) is 13.2 Å². The van der Waals surface area contributed by atoms with Crippen LogP contribution in [0.15, 0.2) is 0 Å². The van der Waals surface area contributed by atoms with Crippen molar-refractivity contribution in [3.63, 3.8) is 0 Å². The predicted molar refractivity (Wildman–Crippen MR) is 65.5 cm³/mol. The first-order valence-corrected chi connectivity index (χ1v) is 6.33. The Kier molecular flexibility index (Phi) is 5.36. The zero-order valence-electron chi connectivity index (χ0n) is 10.7. The normalized spacial score (nSPS) is 27.8. The molecule has 0 aromatic carbocycles. The summed E-state index contributed by atoms with van der Waals surface area (Å²) in [4.78, 5) is 12.0. The Bertz CT molecular complexity index is 260. The van der Waals surface area contributed by atoms with Crippen molar-refractivity contribution in [3.8, 4) is 0 Å². The molecule has 5 nitrogen and oxygen atoms in total. The first-order valence-electron chi connectivity index (χ1n) is 6.33. The van der Waals surface area contributed by atoms with E-state index in [1.54, 1.807) is 0 Å². The van der Waals surface area contributed by atoms with Gasteiger partial charge in [0.15, 0.2) is 0 Å². The quantitative estimate of drug-likeness (QED) is 0.621. The van der Waals surface area contributed by atoms with Gasteiger partial charge in [0.05, 0.1) is 6.10 Å². The Morgan fingerprint density at radius 2 is 2.29 bits per heavy atom. The van der Waals surface area contributed by atoms with E-state index >= 15 is 0 Å². The van der Waals surface area contributed by atoms with Gasteiger partial charge in [-0.1, -0.05) is 6.92 Å². The number of amides is 1. The number of aliphatic hydroxyl groups is 1. The largest absolute Gasteiger partial charge is 0.396 e. The highest BCUT2D eigenvalue weighted by Gasteiger charge is 2.33. The highest BCUT2D eigenvalue weighted by atomic mass is 16.5. The number of nitrogens with two attached hydrogens (primary N) is 1. The monoisotopic (exact) mass is 244 g/mol. The van der Waals surface area contributed by atoms with Crippen LogP contribution in [-0.4, -0.2) is 41.9 Å². The molecule has 3 atom stereocenters. The summed E-state index contributed by atoms with van der Waals surface area (Å²) in [5.74, 6) is -0.0845. The summed E-state index contributed by atoms with van der Waals surface area (Å²) >= 11 is 0. The summed E-state index contributed by atoms with van der Waals surface area (Å²) in [5, 5.41) is 12.0. The van der Waals surface area contributed by atoms with Crippen LogP contribution in [0.4, 0.5) is 0 Å². The van der Waals surface area contributed by atoms with Crippen LogP contribution >= 0.6 is 0 Å². The maximum absolute atomic E-state index is 12.0. The van der Waals surface area contributed by atoms with E-state index in [-0.39, 0.29) is 30.3 Å². The molecular formula is C12H24N2O3. The predicted octanol–water partition coefficient (Wildman–Crippen LogP) is 0.160. The number of hydrogen-bond donors (Lipinski definition) is 3. The summed E-state index contributed by atoms with van der Waals surface area (Å²) < 4.78 is 5.54. The molecule has 0 radical (unpaired) electrons. The van der Waals surface area contributed by atoms with Gasteiger partial charge in [0.2, 0.25) is 5.91 Å². The zero-order valence-corrected chi connectivity index (χ0v) is 10.7. The van der Waals surface area contributed by atoms with Gasteiger partial charge in [-0.25, -0.2) is 0 Å². The average molecular weight is 244 g/mol. The van der Waals surface area contributed by atoms with Gasteiger partial charge in [-0.15, -0.1) is 0 Å². The molecule has 5 heteroatoms. The van der Waals surface area contributed by atoms with Crippen molar-refractivity contribution >= 4 is 5.91 Å². The molecule has 1 aliphatic rings. The molecule has 1 rings (SSSR count). The van der Waals surface area contributed by atoms with Crippen molar-refractivity contribution in [2.45, 2.75) is 57.3 Å². The molecule has 1 saturated heterocycles. The second-order valence-electron chi connectivity index (χ2n) is 4.94. The Morgan fingerprint density at radius 1 is 1.59 bits per heavy atom. The summed E-state index contributed by atoms with van der Waals surface area (Å²) in [7, 11) is 0. The molecule has 1 amide bonds. The molecule has 0 aromatic rings. The topological polar surface area (TPSA) is 84.6 Å². The highest BCUT2D eigenvalue weighted by Crippen LogP contribution is 2.21. The van der Waals surface area contributed by atoms with E-state index in [4.69, 9.17) is 15.6 Å². The minimum Gasteiger partial charge on any atom is -0.396 e. The standard InChI is InChI=1S/C12H24N2O3/c1-3-12(2,6-7-15)14-11(16)10-5-4-9(8-13)17-10/h9-10,15H,3-8,13H2,1-2H3,(H,14,16). The van der Waals surface area contributed by atoms with Crippen LogP contribution in [0, 0.1) is 0 Å². The maximum atomic E-state index is 12.0. The molecule has 3 unspecified atom stereocenters. The van der Waals surface area contributed by atoms with E-state index in [0.29, 0.717) is 13.0 Å². The van der Waals surface area contributed by atoms with Crippen LogP contribution in [0.5, 0.6) is 0 Å². The van der Waals surface area contributed by atoms with Gasteiger partial charge in [-0.2, -0.15) is 0 Å². The molecule has 0 aromatic heterocycles. The van der Waals surface area contributed by atoms with Crippen molar-refractivity contribution < 1.29 is 14.6 Å². The molecule has 1 heterocycles. The average Bonchev–Trinajstić information content (AvgIpc) is 2.78. The van der Waals surface area contributed by atoms with Gasteiger partial charge in [-0.05, 0) is 32.6 Å². The fourth-order valence-electron chi connectivity index (χ4n) is 2.02. The van der Waals surface area contributed by atoms with Crippen molar-refractivity contribution in [1.82, 2.24) is 5.32 Å². The van der Waals surface area contributed by atoms with Crippen molar-refractivity contribution in [2.24, 2.45) is 5.73 Å². The Hall–Kier alpha value is -0.650. The minimum atomic E-state index is -0.381. The number of carbonyl (C=O) groups excluding carboxylic acids is 1. The van der Waals surface area contributed by atoms with Crippen LogP contribution in [0.1, 0.15) is 39.5 Å². The molecule has 100 valence electrons. The number of ether oxygens (including phenoxy) is 1. The van der Waals surface area contributed by atoms with Gasteiger partial charge in [-0.3, -0.25) is 4.79 Å². The smallest absolute Gasteiger partial charge is 0.249 e. The van der Waals surface area contributed by atoms with Crippen LogP contribution in [0.3, 0.4) is 0 Å². The minimum absolute atomic E-state index is 0.0106. The fraction of sp³-hybridized carbons (Fsp3) is 0.917. The van der Waals surface area contributed by atoms with E-state index in [0.717, 1.165) is 19.3 Å².